The van der Waals surface area contributed by atoms with Crippen molar-refractivity contribution in [2.75, 3.05) is 13.2 Å². The van der Waals surface area contributed by atoms with E-state index >= 15 is 0 Å². The number of aliphatic hydroxyl groups is 1. The lowest BCUT2D eigenvalue weighted by Gasteiger charge is -2.34. The van der Waals surface area contributed by atoms with Crippen LogP contribution in [0.3, 0.4) is 0 Å². The standard InChI is InChI=1S/C17H28BrNO2/c1-16(2,3)12-17(4,5)19-10-14(20)11-21-15-8-6-7-13(18)9-15/h6-9,14,19-20H,10-12H2,1-5H3/t14-/m0/s1. The van der Waals surface area contributed by atoms with Crippen LogP contribution in [0.1, 0.15) is 41.0 Å². The SMILES string of the molecule is CC(C)(C)CC(C)(C)NC[C@H](O)COc1cccc(Br)c1. The summed E-state index contributed by atoms with van der Waals surface area (Å²) in [6.45, 7) is 11.8. The summed E-state index contributed by atoms with van der Waals surface area (Å²) >= 11 is 3.40. The first-order valence-electron chi connectivity index (χ1n) is 7.39. The Morgan fingerprint density at radius 1 is 1.24 bits per heavy atom. The summed E-state index contributed by atoms with van der Waals surface area (Å²) < 4.78 is 6.57. The molecule has 21 heavy (non-hydrogen) atoms. The first kappa shape index (κ1) is 18.5. The molecule has 120 valence electrons. The van der Waals surface area contributed by atoms with Crippen LogP contribution in [-0.2, 0) is 0 Å². The average molecular weight is 358 g/mol. The normalized spacial score (nSPS) is 14.0. The van der Waals surface area contributed by atoms with Gasteiger partial charge in [0, 0.05) is 16.6 Å². The topological polar surface area (TPSA) is 41.5 Å². The van der Waals surface area contributed by atoms with Gasteiger partial charge in [0.05, 0.1) is 0 Å². The number of aliphatic hydroxyl groups excluding tert-OH is 1. The number of β-amino-alcohol motifs (C(OH)–C–C–N with tert-alkyl or cyclic N) is 1. The van der Waals surface area contributed by atoms with E-state index in [1.807, 2.05) is 24.3 Å². The zero-order valence-electron chi connectivity index (χ0n) is 13.7. The maximum Gasteiger partial charge on any atom is 0.120 e. The highest BCUT2D eigenvalue weighted by Crippen LogP contribution is 2.26. The van der Waals surface area contributed by atoms with E-state index in [1.54, 1.807) is 0 Å². The molecule has 0 fully saturated rings. The Hall–Kier alpha value is -0.580. The molecule has 1 atom stereocenters. The van der Waals surface area contributed by atoms with Gasteiger partial charge in [0.2, 0.25) is 0 Å². The smallest absolute Gasteiger partial charge is 0.120 e. The Kier molecular flexibility index (Phi) is 6.70. The Morgan fingerprint density at radius 2 is 1.90 bits per heavy atom. The highest BCUT2D eigenvalue weighted by Gasteiger charge is 2.25. The lowest BCUT2D eigenvalue weighted by molar-refractivity contribution is 0.0944. The second-order valence-electron chi connectivity index (χ2n) is 7.42. The Morgan fingerprint density at radius 3 is 2.48 bits per heavy atom. The fraction of sp³-hybridized carbons (Fsp3) is 0.647. The van der Waals surface area contributed by atoms with Gasteiger partial charge in [-0.3, -0.25) is 0 Å². The molecule has 0 unspecified atom stereocenters. The zero-order valence-corrected chi connectivity index (χ0v) is 15.3. The molecule has 3 nitrogen and oxygen atoms in total. The molecule has 0 heterocycles. The van der Waals surface area contributed by atoms with Crippen LogP contribution in [0.5, 0.6) is 5.75 Å². The second kappa shape index (κ2) is 7.61. The van der Waals surface area contributed by atoms with Crippen molar-refractivity contribution in [2.24, 2.45) is 5.41 Å². The van der Waals surface area contributed by atoms with Crippen molar-refractivity contribution >= 4 is 15.9 Å². The molecule has 0 aliphatic rings. The molecule has 0 amide bonds. The van der Waals surface area contributed by atoms with Crippen LogP contribution in [0.4, 0.5) is 0 Å². The largest absolute Gasteiger partial charge is 0.491 e. The number of nitrogens with one attached hydrogen (secondary N) is 1. The van der Waals surface area contributed by atoms with E-state index in [0.29, 0.717) is 6.54 Å². The Bertz CT molecular complexity index is 441. The van der Waals surface area contributed by atoms with Gasteiger partial charge < -0.3 is 15.2 Å². The van der Waals surface area contributed by atoms with Crippen LogP contribution in [0, 0.1) is 5.41 Å². The molecule has 0 aliphatic heterocycles. The number of benzene rings is 1. The summed E-state index contributed by atoms with van der Waals surface area (Å²) in [6.07, 6.45) is 0.516. The third kappa shape index (κ3) is 8.44. The molecular formula is C17H28BrNO2. The van der Waals surface area contributed by atoms with E-state index in [0.717, 1.165) is 16.6 Å². The van der Waals surface area contributed by atoms with Crippen molar-refractivity contribution in [3.05, 3.63) is 28.7 Å². The Balaban J connectivity index is 2.35. The van der Waals surface area contributed by atoms with Gasteiger partial charge >= 0.3 is 0 Å². The summed E-state index contributed by atoms with van der Waals surface area (Å²) in [5.41, 5.74) is 0.253. The van der Waals surface area contributed by atoms with E-state index in [-0.39, 0.29) is 17.6 Å². The molecule has 1 aromatic rings. The van der Waals surface area contributed by atoms with E-state index < -0.39 is 6.10 Å². The fourth-order valence-electron chi connectivity index (χ4n) is 2.59. The number of ether oxygens (including phenoxy) is 1. The van der Waals surface area contributed by atoms with E-state index in [4.69, 9.17) is 4.74 Å². The number of halogens is 1. The molecule has 1 aromatic carbocycles. The quantitative estimate of drug-likeness (QED) is 0.774. The molecule has 1 rings (SSSR count). The minimum atomic E-state index is -0.525. The predicted octanol–water partition coefficient (Wildman–Crippen LogP) is 3.99. The fourth-order valence-corrected chi connectivity index (χ4v) is 2.97. The zero-order chi connectivity index (χ0) is 16.1. The maximum atomic E-state index is 10.0. The predicted molar refractivity (Wildman–Crippen MR) is 91.8 cm³/mol. The van der Waals surface area contributed by atoms with Gasteiger partial charge in [0.15, 0.2) is 0 Å². The van der Waals surface area contributed by atoms with Crippen LogP contribution < -0.4 is 10.1 Å². The first-order valence-corrected chi connectivity index (χ1v) is 8.18. The van der Waals surface area contributed by atoms with Gasteiger partial charge in [-0.15, -0.1) is 0 Å². The van der Waals surface area contributed by atoms with Gasteiger partial charge in [0.25, 0.3) is 0 Å². The molecule has 4 heteroatoms. The van der Waals surface area contributed by atoms with Crippen molar-refractivity contribution in [1.29, 1.82) is 0 Å². The van der Waals surface area contributed by atoms with Gasteiger partial charge in [-0.1, -0.05) is 42.8 Å². The molecule has 0 bridgehead atoms. The van der Waals surface area contributed by atoms with E-state index in [2.05, 4.69) is 55.9 Å². The van der Waals surface area contributed by atoms with Crippen LogP contribution in [0.25, 0.3) is 0 Å². The first-order chi connectivity index (χ1) is 9.57. The molecule has 0 aromatic heterocycles. The minimum absolute atomic E-state index is 0.00496. The van der Waals surface area contributed by atoms with E-state index in [1.165, 1.54) is 0 Å². The molecule has 0 saturated heterocycles. The number of hydrogen-bond acceptors (Lipinski definition) is 3. The van der Waals surface area contributed by atoms with E-state index in [9.17, 15) is 5.11 Å². The molecule has 0 aliphatic carbocycles. The molecule has 0 saturated carbocycles. The van der Waals surface area contributed by atoms with Gasteiger partial charge in [-0.2, -0.15) is 0 Å². The average Bonchev–Trinajstić information content (AvgIpc) is 2.31. The molecular weight excluding hydrogens is 330 g/mol. The summed E-state index contributed by atoms with van der Waals surface area (Å²) in [5, 5.41) is 13.5. The van der Waals surface area contributed by atoms with Crippen molar-refractivity contribution in [1.82, 2.24) is 5.32 Å². The van der Waals surface area contributed by atoms with Gasteiger partial charge in [0.1, 0.15) is 18.5 Å². The molecule has 0 radical (unpaired) electrons. The number of hydrogen-bond donors (Lipinski definition) is 2. The lowest BCUT2D eigenvalue weighted by atomic mass is 9.82. The molecule has 0 spiro atoms. The summed E-state index contributed by atoms with van der Waals surface area (Å²) in [6, 6.07) is 7.63. The maximum absolute atomic E-state index is 10.0. The third-order valence-electron chi connectivity index (χ3n) is 3.03. The monoisotopic (exact) mass is 357 g/mol. The summed E-state index contributed by atoms with van der Waals surface area (Å²) in [4.78, 5) is 0. The van der Waals surface area contributed by atoms with Gasteiger partial charge in [-0.05, 0) is 43.9 Å². The number of rotatable bonds is 7. The van der Waals surface area contributed by atoms with Crippen LogP contribution in [0.15, 0.2) is 28.7 Å². The second-order valence-corrected chi connectivity index (χ2v) is 8.34. The third-order valence-corrected chi connectivity index (χ3v) is 3.52. The highest BCUT2D eigenvalue weighted by atomic mass is 79.9. The van der Waals surface area contributed by atoms with Crippen molar-refractivity contribution in [3.63, 3.8) is 0 Å². The molecule has 2 N–H and O–H groups in total. The van der Waals surface area contributed by atoms with Crippen molar-refractivity contribution in [2.45, 2.75) is 52.7 Å². The minimum Gasteiger partial charge on any atom is -0.491 e. The van der Waals surface area contributed by atoms with Crippen molar-refractivity contribution < 1.29 is 9.84 Å². The van der Waals surface area contributed by atoms with Crippen LogP contribution in [-0.4, -0.2) is 29.9 Å². The van der Waals surface area contributed by atoms with Crippen LogP contribution in [0.2, 0.25) is 0 Å². The van der Waals surface area contributed by atoms with Gasteiger partial charge in [-0.25, -0.2) is 0 Å². The Labute approximate surface area is 137 Å². The van der Waals surface area contributed by atoms with Crippen LogP contribution >= 0.6 is 15.9 Å². The summed E-state index contributed by atoms with van der Waals surface area (Å²) in [7, 11) is 0. The summed E-state index contributed by atoms with van der Waals surface area (Å²) in [5.74, 6) is 0.761. The van der Waals surface area contributed by atoms with Crippen molar-refractivity contribution in [3.8, 4) is 5.75 Å². The highest BCUT2D eigenvalue weighted by molar-refractivity contribution is 9.10. The lowest BCUT2D eigenvalue weighted by Crippen LogP contribution is -2.46.